The van der Waals surface area contributed by atoms with Crippen molar-refractivity contribution in [3.63, 3.8) is 0 Å². The van der Waals surface area contributed by atoms with Gasteiger partial charge in [0.25, 0.3) is 0 Å². The molecule has 0 unspecified atom stereocenters. The zero-order chi connectivity index (χ0) is 18.4. The van der Waals surface area contributed by atoms with Crippen LogP contribution >= 0.6 is 0 Å². The van der Waals surface area contributed by atoms with E-state index >= 15 is 0 Å². The SMILES string of the molecule is CC.Cc1ccc(N2CCC(C(=O)N3C[C@@H](C)O[C@@H](C)C3)CC2)cc1. The molecule has 140 valence electrons. The van der Waals surface area contributed by atoms with Crippen molar-refractivity contribution in [1.29, 1.82) is 0 Å². The Hall–Kier alpha value is -1.55. The summed E-state index contributed by atoms with van der Waals surface area (Å²) in [5.41, 5.74) is 2.56. The molecular formula is C21H34N2O2. The number of piperidine rings is 1. The van der Waals surface area contributed by atoms with Crippen molar-refractivity contribution in [3.8, 4) is 0 Å². The van der Waals surface area contributed by atoms with Gasteiger partial charge in [-0.2, -0.15) is 0 Å². The Balaban J connectivity index is 0.00000109. The highest BCUT2D eigenvalue weighted by molar-refractivity contribution is 5.79. The summed E-state index contributed by atoms with van der Waals surface area (Å²) in [4.78, 5) is 17.2. The Labute approximate surface area is 153 Å². The predicted octanol–water partition coefficient (Wildman–Crippen LogP) is 3.87. The van der Waals surface area contributed by atoms with Crippen molar-refractivity contribution < 1.29 is 9.53 Å². The summed E-state index contributed by atoms with van der Waals surface area (Å²) in [7, 11) is 0. The number of carbonyl (C=O) groups excluding carboxylic acids is 1. The largest absolute Gasteiger partial charge is 0.372 e. The van der Waals surface area contributed by atoms with Gasteiger partial charge in [-0.1, -0.05) is 31.5 Å². The summed E-state index contributed by atoms with van der Waals surface area (Å²) in [6.45, 7) is 13.6. The van der Waals surface area contributed by atoms with E-state index in [0.717, 1.165) is 39.0 Å². The Bertz CT molecular complexity index is 525. The van der Waals surface area contributed by atoms with E-state index in [0.29, 0.717) is 5.91 Å². The highest BCUT2D eigenvalue weighted by Crippen LogP contribution is 2.26. The van der Waals surface area contributed by atoms with Crippen molar-refractivity contribution in [2.75, 3.05) is 31.1 Å². The van der Waals surface area contributed by atoms with E-state index in [1.807, 2.05) is 18.7 Å². The van der Waals surface area contributed by atoms with E-state index in [9.17, 15) is 4.79 Å². The second kappa shape index (κ2) is 9.23. The van der Waals surface area contributed by atoms with Gasteiger partial charge in [0, 0.05) is 37.8 Å². The lowest BCUT2D eigenvalue weighted by atomic mass is 9.94. The Morgan fingerprint density at radius 2 is 1.52 bits per heavy atom. The van der Waals surface area contributed by atoms with Crippen molar-refractivity contribution in [3.05, 3.63) is 29.8 Å². The number of anilines is 1. The first-order valence-corrected chi connectivity index (χ1v) is 9.79. The Morgan fingerprint density at radius 1 is 1.00 bits per heavy atom. The molecule has 0 bridgehead atoms. The number of nitrogens with zero attached hydrogens (tertiary/aromatic N) is 2. The van der Waals surface area contributed by atoms with Crippen LogP contribution in [0.5, 0.6) is 0 Å². The van der Waals surface area contributed by atoms with Gasteiger partial charge in [0.05, 0.1) is 12.2 Å². The zero-order valence-electron chi connectivity index (χ0n) is 16.5. The third-order valence-corrected chi connectivity index (χ3v) is 4.97. The van der Waals surface area contributed by atoms with Crippen LogP contribution in [0.3, 0.4) is 0 Å². The maximum absolute atomic E-state index is 12.8. The lowest BCUT2D eigenvalue weighted by molar-refractivity contribution is -0.148. The molecule has 2 aliphatic rings. The van der Waals surface area contributed by atoms with E-state index in [-0.39, 0.29) is 18.1 Å². The highest BCUT2D eigenvalue weighted by atomic mass is 16.5. The molecule has 0 spiro atoms. The molecule has 2 heterocycles. The molecule has 2 aliphatic heterocycles. The van der Waals surface area contributed by atoms with Gasteiger partial charge >= 0.3 is 0 Å². The van der Waals surface area contributed by atoms with Gasteiger partial charge in [-0.25, -0.2) is 0 Å². The Kier molecular flexibility index (Phi) is 7.30. The topological polar surface area (TPSA) is 32.8 Å². The van der Waals surface area contributed by atoms with Gasteiger partial charge in [0.15, 0.2) is 0 Å². The predicted molar refractivity (Wildman–Crippen MR) is 104 cm³/mol. The molecular weight excluding hydrogens is 312 g/mol. The van der Waals surface area contributed by atoms with Gasteiger partial charge in [0.2, 0.25) is 5.91 Å². The molecule has 0 N–H and O–H groups in total. The third-order valence-electron chi connectivity index (χ3n) is 4.97. The second-order valence-corrected chi connectivity index (χ2v) is 7.10. The van der Waals surface area contributed by atoms with Gasteiger partial charge in [-0.3, -0.25) is 4.79 Å². The standard InChI is InChI=1S/C19H28N2O2.C2H6/c1-14-4-6-18(7-5-14)20-10-8-17(9-11-20)19(22)21-12-15(2)23-16(3)13-21;1-2/h4-7,15-17H,8-13H2,1-3H3;1-2H3/t15-,16+;. The quantitative estimate of drug-likeness (QED) is 0.815. The van der Waals surface area contributed by atoms with Crippen LogP contribution in [0.25, 0.3) is 0 Å². The molecule has 1 amide bonds. The smallest absolute Gasteiger partial charge is 0.225 e. The first-order valence-electron chi connectivity index (χ1n) is 9.79. The number of ether oxygens (including phenoxy) is 1. The van der Waals surface area contributed by atoms with E-state index < -0.39 is 0 Å². The number of aryl methyl sites for hydroxylation is 1. The van der Waals surface area contributed by atoms with Crippen LogP contribution in [-0.4, -0.2) is 49.2 Å². The minimum atomic E-state index is 0.148. The molecule has 0 aromatic heterocycles. The fourth-order valence-corrected chi connectivity index (χ4v) is 3.76. The zero-order valence-corrected chi connectivity index (χ0v) is 16.5. The monoisotopic (exact) mass is 346 g/mol. The first kappa shape index (κ1) is 19.8. The fourth-order valence-electron chi connectivity index (χ4n) is 3.76. The van der Waals surface area contributed by atoms with Crippen LogP contribution in [0, 0.1) is 12.8 Å². The lowest BCUT2D eigenvalue weighted by Gasteiger charge is -2.39. The number of amides is 1. The first-order chi connectivity index (χ1) is 12.0. The van der Waals surface area contributed by atoms with E-state index in [2.05, 4.69) is 49.9 Å². The molecule has 2 saturated heterocycles. The van der Waals surface area contributed by atoms with Crippen LogP contribution in [-0.2, 0) is 9.53 Å². The van der Waals surface area contributed by atoms with Gasteiger partial charge in [0.1, 0.15) is 0 Å². The number of hydrogen-bond acceptors (Lipinski definition) is 3. The van der Waals surface area contributed by atoms with Crippen molar-refractivity contribution in [2.45, 2.75) is 59.7 Å². The maximum Gasteiger partial charge on any atom is 0.225 e. The van der Waals surface area contributed by atoms with Gasteiger partial charge < -0.3 is 14.5 Å². The lowest BCUT2D eigenvalue weighted by Crippen LogP contribution is -2.51. The maximum atomic E-state index is 12.8. The molecule has 0 radical (unpaired) electrons. The van der Waals surface area contributed by atoms with E-state index in [1.165, 1.54) is 11.3 Å². The molecule has 1 aromatic carbocycles. The van der Waals surface area contributed by atoms with Crippen molar-refractivity contribution in [1.82, 2.24) is 4.90 Å². The average molecular weight is 347 g/mol. The highest BCUT2D eigenvalue weighted by Gasteiger charge is 2.32. The summed E-state index contributed by atoms with van der Waals surface area (Å²) >= 11 is 0. The summed E-state index contributed by atoms with van der Waals surface area (Å²) in [5.74, 6) is 0.504. The number of carbonyl (C=O) groups is 1. The second-order valence-electron chi connectivity index (χ2n) is 7.10. The van der Waals surface area contributed by atoms with Crippen LogP contribution < -0.4 is 4.90 Å². The molecule has 1 aromatic rings. The molecule has 2 atom stereocenters. The number of benzene rings is 1. The summed E-state index contributed by atoms with van der Waals surface area (Å²) in [6.07, 6.45) is 2.20. The molecule has 3 rings (SSSR count). The van der Waals surface area contributed by atoms with Crippen molar-refractivity contribution in [2.24, 2.45) is 5.92 Å². The molecule has 25 heavy (non-hydrogen) atoms. The van der Waals surface area contributed by atoms with E-state index in [1.54, 1.807) is 0 Å². The molecule has 0 aliphatic carbocycles. The minimum absolute atomic E-state index is 0.148. The number of morpholine rings is 1. The van der Waals surface area contributed by atoms with E-state index in [4.69, 9.17) is 4.74 Å². The Morgan fingerprint density at radius 3 is 2.04 bits per heavy atom. The van der Waals surface area contributed by atoms with Gasteiger partial charge in [-0.05, 0) is 45.7 Å². The van der Waals surface area contributed by atoms with Gasteiger partial charge in [-0.15, -0.1) is 0 Å². The molecule has 4 nitrogen and oxygen atoms in total. The summed E-state index contributed by atoms with van der Waals surface area (Å²) in [6, 6.07) is 8.68. The summed E-state index contributed by atoms with van der Waals surface area (Å²) < 4.78 is 5.74. The number of rotatable bonds is 2. The molecule has 2 fully saturated rings. The van der Waals surface area contributed by atoms with Crippen LogP contribution in [0.1, 0.15) is 46.1 Å². The molecule has 0 saturated carbocycles. The normalized spacial score (nSPS) is 24.5. The minimum Gasteiger partial charge on any atom is -0.372 e. The summed E-state index contributed by atoms with van der Waals surface area (Å²) in [5, 5.41) is 0. The van der Waals surface area contributed by atoms with Crippen molar-refractivity contribution >= 4 is 11.6 Å². The number of hydrogen-bond donors (Lipinski definition) is 0. The molecule has 4 heteroatoms. The average Bonchev–Trinajstić information content (AvgIpc) is 2.63. The fraction of sp³-hybridized carbons (Fsp3) is 0.667. The third kappa shape index (κ3) is 5.21. The van der Waals surface area contributed by atoms with Crippen LogP contribution in [0.2, 0.25) is 0 Å². The van der Waals surface area contributed by atoms with Crippen LogP contribution in [0.4, 0.5) is 5.69 Å². The van der Waals surface area contributed by atoms with Crippen LogP contribution in [0.15, 0.2) is 24.3 Å².